The molecule has 2 aromatic heterocycles. The molecule has 0 atom stereocenters. The second-order valence-corrected chi connectivity index (χ2v) is 14.6. The largest absolute Gasteiger partial charge is 0.309 e. The Labute approximate surface area is 301 Å². The number of hydrogen-bond donors (Lipinski definition) is 0. The highest BCUT2D eigenvalue weighted by Gasteiger charge is 2.35. The van der Waals surface area contributed by atoms with Crippen molar-refractivity contribution in [1.82, 2.24) is 14.5 Å². The molecular formula is C49H33N3. The molecule has 52 heavy (non-hydrogen) atoms. The summed E-state index contributed by atoms with van der Waals surface area (Å²) in [6, 6.07) is 59.4. The van der Waals surface area contributed by atoms with Gasteiger partial charge in [0, 0.05) is 38.1 Å². The third-order valence-electron chi connectivity index (χ3n) is 11.3. The molecule has 0 aliphatic heterocycles. The molecular weight excluding hydrogens is 631 g/mol. The van der Waals surface area contributed by atoms with Gasteiger partial charge < -0.3 is 4.57 Å². The lowest BCUT2D eigenvalue weighted by Crippen LogP contribution is -2.15. The molecule has 1 aliphatic rings. The van der Waals surface area contributed by atoms with Crippen molar-refractivity contribution in [1.29, 1.82) is 0 Å². The predicted molar refractivity (Wildman–Crippen MR) is 217 cm³/mol. The molecule has 0 saturated carbocycles. The molecule has 3 nitrogen and oxygen atoms in total. The van der Waals surface area contributed by atoms with Gasteiger partial charge in [-0.05, 0) is 80.9 Å². The van der Waals surface area contributed by atoms with Crippen molar-refractivity contribution in [2.24, 2.45) is 0 Å². The van der Waals surface area contributed by atoms with Crippen LogP contribution in [0, 0.1) is 0 Å². The van der Waals surface area contributed by atoms with Crippen LogP contribution in [0.5, 0.6) is 0 Å². The van der Waals surface area contributed by atoms with Gasteiger partial charge in [-0.3, -0.25) is 0 Å². The Morgan fingerprint density at radius 1 is 0.442 bits per heavy atom. The lowest BCUT2D eigenvalue weighted by molar-refractivity contribution is 0.660. The zero-order valence-electron chi connectivity index (χ0n) is 28.9. The number of rotatable bonds is 3. The maximum atomic E-state index is 5.44. The Hall–Kier alpha value is -6.58. The first kappa shape index (κ1) is 29.2. The van der Waals surface area contributed by atoms with E-state index in [2.05, 4.69) is 182 Å². The fraction of sp³-hybridized carbons (Fsp3) is 0.0612. The van der Waals surface area contributed by atoms with Crippen LogP contribution < -0.4 is 0 Å². The van der Waals surface area contributed by atoms with Crippen molar-refractivity contribution in [3.63, 3.8) is 0 Å². The highest BCUT2D eigenvalue weighted by Crippen LogP contribution is 2.49. The van der Waals surface area contributed by atoms with E-state index in [0.29, 0.717) is 0 Å². The van der Waals surface area contributed by atoms with Gasteiger partial charge in [0.15, 0.2) is 5.82 Å². The van der Waals surface area contributed by atoms with Crippen LogP contribution in [0.2, 0.25) is 0 Å². The van der Waals surface area contributed by atoms with Gasteiger partial charge in [0.25, 0.3) is 0 Å². The van der Waals surface area contributed by atoms with E-state index in [-0.39, 0.29) is 5.41 Å². The van der Waals surface area contributed by atoms with E-state index in [1.807, 2.05) is 0 Å². The van der Waals surface area contributed by atoms with E-state index in [4.69, 9.17) is 9.97 Å². The van der Waals surface area contributed by atoms with E-state index in [9.17, 15) is 0 Å². The van der Waals surface area contributed by atoms with Gasteiger partial charge in [0.2, 0.25) is 0 Å². The van der Waals surface area contributed by atoms with Crippen LogP contribution >= 0.6 is 0 Å². The van der Waals surface area contributed by atoms with E-state index in [1.54, 1.807) is 0 Å². The molecule has 0 bridgehead atoms. The molecule has 0 fully saturated rings. The Balaban J connectivity index is 1.17. The van der Waals surface area contributed by atoms with Crippen LogP contribution in [0.15, 0.2) is 164 Å². The highest BCUT2D eigenvalue weighted by atomic mass is 15.0. The Kier molecular flexibility index (Phi) is 6.01. The van der Waals surface area contributed by atoms with Crippen LogP contribution in [0.3, 0.4) is 0 Å². The normalized spacial score (nSPS) is 13.3. The Morgan fingerprint density at radius 3 is 1.98 bits per heavy atom. The molecule has 0 unspecified atom stereocenters. The molecule has 0 N–H and O–H groups in total. The minimum Gasteiger partial charge on any atom is -0.309 e. The minimum atomic E-state index is -0.109. The monoisotopic (exact) mass is 663 g/mol. The van der Waals surface area contributed by atoms with E-state index < -0.39 is 0 Å². The molecule has 1 aliphatic carbocycles. The molecule has 244 valence electrons. The lowest BCUT2D eigenvalue weighted by Gasteiger charge is -2.22. The molecule has 0 saturated heterocycles. The SMILES string of the molecule is CC1(C)c2ccccc2-c2ccc(-c3nc(-c4cc(-n5c6ccccc6c6cc7ccccc7cc65)c5ccccc5c4)c4ccccc4n3)cc21. The van der Waals surface area contributed by atoms with Crippen molar-refractivity contribution >= 4 is 54.3 Å². The summed E-state index contributed by atoms with van der Waals surface area (Å²) in [7, 11) is 0. The molecule has 0 spiro atoms. The van der Waals surface area contributed by atoms with E-state index in [1.165, 1.54) is 65.6 Å². The fourth-order valence-corrected chi connectivity index (χ4v) is 8.80. The minimum absolute atomic E-state index is 0.109. The standard InChI is InChI=1S/C49H33N3/c1-49(2)41-20-10-7-17-36(41)37-24-23-33(27-42(37)49)48-50-43-21-11-8-19-39(43)47(51-48)34-25-32-15-5-6-16-35(32)45(29-34)52-44-22-12-9-18-38(44)40-26-30-13-3-4-14-31(30)28-46(40)52/h3-29H,1-2H3. The number of para-hydroxylation sites is 2. The van der Waals surface area contributed by atoms with Gasteiger partial charge in [-0.2, -0.15) is 0 Å². The van der Waals surface area contributed by atoms with Crippen LogP contribution in [-0.4, -0.2) is 14.5 Å². The van der Waals surface area contributed by atoms with Gasteiger partial charge >= 0.3 is 0 Å². The first-order chi connectivity index (χ1) is 25.5. The topological polar surface area (TPSA) is 30.7 Å². The number of aromatic nitrogens is 3. The van der Waals surface area contributed by atoms with Crippen molar-refractivity contribution in [3.8, 4) is 39.5 Å². The van der Waals surface area contributed by atoms with E-state index in [0.717, 1.165) is 39.2 Å². The smallest absolute Gasteiger partial charge is 0.160 e. The van der Waals surface area contributed by atoms with Gasteiger partial charge in [-0.1, -0.05) is 135 Å². The van der Waals surface area contributed by atoms with Gasteiger partial charge in [0.1, 0.15) is 0 Å². The summed E-state index contributed by atoms with van der Waals surface area (Å²) in [4.78, 5) is 10.6. The third kappa shape index (κ3) is 4.14. The van der Waals surface area contributed by atoms with Gasteiger partial charge in [-0.15, -0.1) is 0 Å². The summed E-state index contributed by atoms with van der Waals surface area (Å²) in [5.41, 5.74) is 12.7. The van der Waals surface area contributed by atoms with Gasteiger partial charge in [0.05, 0.1) is 27.9 Å². The summed E-state index contributed by atoms with van der Waals surface area (Å²) in [6.07, 6.45) is 0. The van der Waals surface area contributed by atoms with Crippen LogP contribution in [-0.2, 0) is 5.41 Å². The molecule has 2 heterocycles. The second-order valence-electron chi connectivity index (χ2n) is 14.6. The first-order valence-electron chi connectivity index (χ1n) is 18.0. The Bertz CT molecular complexity index is 3110. The average molecular weight is 664 g/mol. The number of benzene rings is 8. The van der Waals surface area contributed by atoms with Crippen molar-refractivity contribution in [2.45, 2.75) is 19.3 Å². The third-order valence-corrected chi connectivity index (χ3v) is 11.3. The summed E-state index contributed by atoms with van der Waals surface area (Å²) in [5.74, 6) is 0.737. The van der Waals surface area contributed by atoms with Gasteiger partial charge in [-0.25, -0.2) is 9.97 Å². The van der Waals surface area contributed by atoms with Crippen LogP contribution in [0.4, 0.5) is 0 Å². The number of nitrogens with zero attached hydrogens (tertiary/aromatic N) is 3. The molecule has 0 amide bonds. The summed E-state index contributed by atoms with van der Waals surface area (Å²) in [5, 5.41) is 8.37. The van der Waals surface area contributed by atoms with Crippen molar-refractivity contribution in [2.75, 3.05) is 0 Å². The Morgan fingerprint density at radius 2 is 1.12 bits per heavy atom. The predicted octanol–water partition coefficient (Wildman–Crippen LogP) is 12.7. The maximum absolute atomic E-state index is 5.44. The lowest BCUT2D eigenvalue weighted by atomic mass is 9.82. The second kappa shape index (κ2) is 10.7. The quantitative estimate of drug-likeness (QED) is 0.188. The van der Waals surface area contributed by atoms with E-state index >= 15 is 0 Å². The summed E-state index contributed by atoms with van der Waals surface area (Å²) < 4.78 is 2.45. The maximum Gasteiger partial charge on any atom is 0.160 e. The van der Waals surface area contributed by atoms with Crippen LogP contribution in [0.25, 0.3) is 93.7 Å². The van der Waals surface area contributed by atoms with Crippen LogP contribution in [0.1, 0.15) is 25.0 Å². The molecule has 11 rings (SSSR count). The summed E-state index contributed by atoms with van der Waals surface area (Å²) >= 11 is 0. The average Bonchev–Trinajstić information content (AvgIpc) is 3.63. The molecule has 3 heteroatoms. The number of fused-ring (bicyclic) bond motifs is 9. The zero-order chi connectivity index (χ0) is 34.6. The zero-order valence-corrected chi connectivity index (χ0v) is 28.9. The number of hydrogen-bond acceptors (Lipinski definition) is 2. The first-order valence-corrected chi connectivity index (χ1v) is 18.0. The van der Waals surface area contributed by atoms with Crippen molar-refractivity contribution < 1.29 is 0 Å². The van der Waals surface area contributed by atoms with Crippen molar-refractivity contribution in [3.05, 3.63) is 175 Å². The fourth-order valence-electron chi connectivity index (χ4n) is 8.80. The highest BCUT2D eigenvalue weighted by molar-refractivity contribution is 6.15. The molecule has 10 aromatic rings. The summed E-state index contributed by atoms with van der Waals surface area (Å²) in [6.45, 7) is 4.64. The molecule has 8 aromatic carbocycles. The molecule has 0 radical (unpaired) electrons.